The van der Waals surface area contributed by atoms with Crippen molar-refractivity contribution in [3.63, 3.8) is 0 Å². The molecule has 0 saturated carbocycles. The zero-order chi connectivity index (χ0) is 28.0. The van der Waals surface area contributed by atoms with Crippen molar-refractivity contribution in [3.8, 4) is 0 Å². The molecule has 1 aliphatic rings. The summed E-state index contributed by atoms with van der Waals surface area (Å²) in [5, 5.41) is 2.10. The van der Waals surface area contributed by atoms with Gasteiger partial charge in [0.1, 0.15) is 0 Å². The zero-order valence-corrected chi connectivity index (χ0v) is 24.0. The molecule has 0 bridgehead atoms. The number of likely N-dealkylation sites (tertiary alicyclic amines) is 1. The number of alkyl halides is 3. The van der Waals surface area contributed by atoms with Gasteiger partial charge in [0, 0.05) is 35.5 Å². The second kappa shape index (κ2) is 12.9. The SMILES string of the molecule is CN(CCC1CCN(Cc2cccs2)CC1)C(=O)c1ccc(S(=O)(=O)Cc2ccc(SC(F)(F)F)cc2)cc1. The molecule has 0 atom stereocenters. The second-order valence-electron chi connectivity index (χ2n) is 9.79. The molecule has 0 N–H and O–H groups in total. The fraction of sp³-hybridized carbons (Fsp3) is 0.393. The highest BCUT2D eigenvalue weighted by Gasteiger charge is 2.29. The van der Waals surface area contributed by atoms with Crippen molar-refractivity contribution < 1.29 is 26.4 Å². The highest BCUT2D eigenvalue weighted by molar-refractivity contribution is 8.00. The van der Waals surface area contributed by atoms with E-state index < -0.39 is 15.3 Å². The number of carbonyl (C=O) groups is 1. The lowest BCUT2D eigenvalue weighted by molar-refractivity contribution is -0.0328. The van der Waals surface area contributed by atoms with Crippen molar-refractivity contribution in [1.29, 1.82) is 0 Å². The molecule has 0 unspecified atom stereocenters. The van der Waals surface area contributed by atoms with Crippen LogP contribution in [-0.2, 0) is 22.1 Å². The molecule has 1 saturated heterocycles. The Kier molecular flexibility index (Phi) is 9.79. The van der Waals surface area contributed by atoms with E-state index in [1.807, 2.05) is 0 Å². The molecular weight excluding hydrogens is 566 g/mol. The summed E-state index contributed by atoms with van der Waals surface area (Å²) in [6, 6.07) is 15.4. The van der Waals surface area contributed by atoms with Crippen LogP contribution in [-0.4, -0.2) is 56.3 Å². The number of sulfone groups is 1. The van der Waals surface area contributed by atoms with Gasteiger partial charge in [0.25, 0.3) is 5.91 Å². The Morgan fingerprint density at radius 1 is 1.05 bits per heavy atom. The van der Waals surface area contributed by atoms with Crippen molar-refractivity contribution in [2.45, 2.75) is 46.9 Å². The summed E-state index contributed by atoms with van der Waals surface area (Å²) in [6.45, 7) is 3.76. The minimum Gasteiger partial charge on any atom is -0.342 e. The van der Waals surface area contributed by atoms with Crippen LogP contribution in [0.4, 0.5) is 13.2 Å². The number of halogens is 3. The molecule has 1 amide bonds. The summed E-state index contributed by atoms with van der Waals surface area (Å²) >= 11 is 1.54. The van der Waals surface area contributed by atoms with Crippen molar-refractivity contribution >= 4 is 38.8 Å². The molecular formula is C28H31F3N2O3S3. The number of amides is 1. The highest BCUT2D eigenvalue weighted by atomic mass is 32.2. The first-order valence-corrected chi connectivity index (χ1v) is 16.0. The van der Waals surface area contributed by atoms with E-state index in [1.165, 1.54) is 53.4 Å². The number of benzene rings is 2. The predicted molar refractivity (Wildman–Crippen MR) is 150 cm³/mol. The van der Waals surface area contributed by atoms with Crippen molar-refractivity contribution in [1.82, 2.24) is 9.80 Å². The largest absolute Gasteiger partial charge is 0.446 e. The zero-order valence-electron chi connectivity index (χ0n) is 21.6. The Balaban J connectivity index is 1.25. The van der Waals surface area contributed by atoms with Gasteiger partial charge in [0.15, 0.2) is 9.84 Å². The lowest BCUT2D eigenvalue weighted by atomic mass is 9.93. The highest BCUT2D eigenvalue weighted by Crippen LogP contribution is 2.37. The maximum Gasteiger partial charge on any atom is 0.446 e. The van der Waals surface area contributed by atoms with E-state index >= 15 is 0 Å². The maximum atomic E-state index is 12.9. The Morgan fingerprint density at radius 2 is 1.72 bits per heavy atom. The number of hydrogen-bond acceptors (Lipinski definition) is 6. The van der Waals surface area contributed by atoms with Crippen LogP contribution in [0.15, 0.2) is 75.8 Å². The van der Waals surface area contributed by atoms with Crippen molar-refractivity contribution in [3.05, 3.63) is 82.0 Å². The van der Waals surface area contributed by atoms with Crippen molar-refractivity contribution in [2.75, 3.05) is 26.7 Å². The fourth-order valence-corrected chi connectivity index (χ4v) is 7.28. The van der Waals surface area contributed by atoms with Crippen LogP contribution in [0.1, 0.15) is 40.1 Å². The predicted octanol–water partition coefficient (Wildman–Crippen LogP) is 6.71. The van der Waals surface area contributed by atoms with Crippen LogP contribution >= 0.6 is 23.1 Å². The molecule has 2 aromatic carbocycles. The Bertz CT molecular complexity index is 1320. The Labute approximate surface area is 235 Å². The topological polar surface area (TPSA) is 57.7 Å². The molecule has 1 aliphatic heterocycles. The van der Waals surface area contributed by atoms with Crippen LogP contribution in [0, 0.1) is 5.92 Å². The number of nitrogens with zero attached hydrogens (tertiary/aromatic N) is 2. The van der Waals surface area contributed by atoms with Gasteiger partial charge in [0.2, 0.25) is 0 Å². The minimum absolute atomic E-state index is 0.00441. The normalized spacial score (nSPS) is 15.4. The first-order valence-electron chi connectivity index (χ1n) is 12.7. The number of carbonyl (C=O) groups excluding carboxylic acids is 1. The molecule has 0 radical (unpaired) electrons. The van der Waals surface area contributed by atoms with Gasteiger partial charge in [0.05, 0.1) is 10.6 Å². The molecule has 1 aromatic heterocycles. The van der Waals surface area contributed by atoms with E-state index in [9.17, 15) is 26.4 Å². The molecule has 210 valence electrons. The Hall–Kier alpha value is -2.34. The van der Waals surface area contributed by atoms with Crippen LogP contribution in [0.25, 0.3) is 0 Å². The summed E-state index contributed by atoms with van der Waals surface area (Å²) < 4.78 is 63.2. The number of hydrogen-bond donors (Lipinski definition) is 0. The summed E-state index contributed by atoms with van der Waals surface area (Å²) in [7, 11) is -1.96. The van der Waals surface area contributed by atoms with Crippen LogP contribution in [0.2, 0.25) is 0 Å². The Morgan fingerprint density at radius 3 is 2.31 bits per heavy atom. The van der Waals surface area contributed by atoms with Gasteiger partial charge in [-0.05, 0) is 103 Å². The van der Waals surface area contributed by atoms with Gasteiger partial charge in [-0.15, -0.1) is 11.3 Å². The van der Waals surface area contributed by atoms with E-state index in [4.69, 9.17) is 0 Å². The van der Waals surface area contributed by atoms with E-state index in [-0.39, 0.29) is 33.2 Å². The van der Waals surface area contributed by atoms with Crippen LogP contribution in [0.3, 0.4) is 0 Å². The van der Waals surface area contributed by atoms with Crippen molar-refractivity contribution in [2.24, 2.45) is 5.92 Å². The van der Waals surface area contributed by atoms with Gasteiger partial charge >= 0.3 is 5.51 Å². The van der Waals surface area contributed by atoms with Gasteiger partial charge < -0.3 is 4.90 Å². The van der Waals surface area contributed by atoms with E-state index in [2.05, 4.69) is 22.4 Å². The number of rotatable bonds is 10. The lowest BCUT2D eigenvalue weighted by Gasteiger charge is -2.32. The molecule has 5 nitrogen and oxygen atoms in total. The molecule has 39 heavy (non-hydrogen) atoms. The third-order valence-corrected chi connectivity index (χ3v) is 10.2. The molecule has 3 aromatic rings. The summed E-state index contributed by atoms with van der Waals surface area (Å²) in [5.41, 5.74) is -3.60. The molecule has 4 rings (SSSR count). The third-order valence-electron chi connectivity index (χ3n) is 6.86. The summed E-state index contributed by atoms with van der Waals surface area (Å²) in [5.74, 6) is 0.0730. The molecule has 2 heterocycles. The fourth-order valence-electron chi connectivity index (χ4n) is 4.65. The lowest BCUT2D eigenvalue weighted by Crippen LogP contribution is -2.35. The van der Waals surface area contributed by atoms with Gasteiger partial charge in [-0.25, -0.2) is 8.42 Å². The smallest absolute Gasteiger partial charge is 0.342 e. The first-order chi connectivity index (χ1) is 18.5. The third kappa shape index (κ3) is 8.83. The number of thioether (sulfide) groups is 1. The molecule has 0 spiro atoms. The summed E-state index contributed by atoms with van der Waals surface area (Å²) in [6.07, 6.45) is 3.16. The molecule has 0 aliphatic carbocycles. The van der Waals surface area contributed by atoms with Crippen LogP contribution < -0.4 is 0 Å². The number of piperidine rings is 1. The summed E-state index contributed by atoms with van der Waals surface area (Å²) in [4.78, 5) is 18.5. The van der Waals surface area contributed by atoms with Gasteiger partial charge in [-0.2, -0.15) is 13.2 Å². The maximum absolute atomic E-state index is 12.9. The monoisotopic (exact) mass is 596 g/mol. The average molecular weight is 597 g/mol. The standard InChI is InChI=1S/C28H31F3N2O3S3/c1-32(15-12-21-13-16-33(17-14-21)19-25-3-2-18-37-25)27(34)23-6-10-26(11-7-23)39(35,36)20-22-4-8-24(9-5-22)38-28(29,30)31/h2-11,18,21H,12-17,19-20H2,1H3. The average Bonchev–Trinajstić information content (AvgIpc) is 3.41. The number of thiophene rings is 1. The van der Waals surface area contributed by atoms with E-state index in [1.54, 1.807) is 23.3 Å². The van der Waals surface area contributed by atoms with Gasteiger partial charge in [-0.3, -0.25) is 9.69 Å². The van der Waals surface area contributed by atoms with E-state index in [0.717, 1.165) is 38.9 Å². The van der Waals surface area contributed by atoms with Gasteiger partial charge in [-0.1, -0.05) is 18.2 Å². The minimum atomic E-state index is -4.40. The van der Waals surface area contributed by atoms with Crippen LogP contribution in [0.5, 0.6) is 0 Å². The van der Waals surface area contributed by atoms with E-state index in [0.29, 0.717) is 23.6 Å². The first kappa shape index (κ1) is 29.6. The molecule has 11 heteroatoms. The second-order valence-corrected chi connectivity index (χ2v) is 13.9. The molecule has 1 fully saturated rings. The quantitative estimate of drug-likeness (QED) is 0.244.